The van der Waals surface area contributed by atoms with Gasteiger partial charge in [-0.15, -0.1) is 0 Å². The maximum Gasteiger partial charge on any atom is 0.274 e. The number of fused-ring (bicyclic) bond motifs is 1. The molecule has 0 saturated heterocycles. The largest absolute Gasteiger partial charge is 0.480 e. The van der Waals surface area contributed by atoms with E-state index in [2.05, 4.69) is 5.43 Å². The summed E-state index contributed by atoms with van der Waals surface area (Å²) in [5, 5.41) is 2.08. The number of carbonyl (C=O) groups excluding carboxylic acids is 1. The van der Waals surface area contributed by atoms with Gasteiger partial charge in [0.2, 0.25) is 0 Å². The van der Waals surface area contributed by atoms with Crippen molar-refractivity contribution in [2.75, 3.05) is 0 Å². The quantitative estimate of drug-likeness (QED) is 0.491. The van der Waals surface area contributed by atoms with Crippen LogP contribution in [0.3, 0.4) is 0 Å². The molecule has 1 amide bonds. The number of hydrogen-bond acceptors (Lipinski definition) is 3. The molecule has 0 aliphatic carbocycles. The fraction of sp³-hybridized carbons (Fsp3) is 0.267. The molecule has 4 heteroatoms. The number of nitrogens with one attached hydrogen (secondary N) is 1. The first kappa shape index (κ1) is 13.4. The molecule has 0 saturated carbocycles. The number of hydrazine groups is 1. The molecule has 100 valence electrons. The van der Waals surface area contributed by atoms with Gasteiger partial charge in [-0.3, -0.25) is 10.2 Å². The zero-order valence-corrected chi connectivity index (χ0v) is 10.9. The smallest absolute Gasteiger partial charge is 0.274 e. The average molecular weight is 258 g/mol. The Bertz CT molecular complexity index is 564. The zero-order valence-electron chi connectivity index (χ0n) is 10.9. The molecule has 0 aromatic heterocycles. The van der Waals surface area contributed by atoms with Gasteiger partial charge in [0, 0.05) is 5.39 Å². The number of nitrogens with two attached hydrogens (primary N) is 1. The van der Waals surface area contributed by atoms with Crippen LogP contribution in [0.15, 0.2) is 42.5 Å². The van der Waals surface area contributed by atoms with Gasteiger partial charge in [0.25, 0.3) is 5.91 Å². The van der Waals surface area contributed by atoms with E-state index in [1.165, 1.54) is 0 Å². The first-order chi connectivity index (χ1) is 9.26. The van der Waals surface area contributed by atoms with E-state index in [1.54, 1.807) is 0 Å². The maximum atomic E-state index is 11.7. The molecule has 2 aromatic rings. The SMILES string of the molecule is CCCC(Oc1cccc2ccccc12)C(=O)NN. The van der Waals surface area contributed by atoms with E-state index >= 15 is 0 Å². The van der Waals surface area contributed by atoms with Crippen LogP contribution in [0.2, 0.25) is 0 Å². The fourth-order valence-corrected chi connectivity index (χ4v) is 2.05. The van der Waals surface area contributed by atoms with Crippen molar-refractivity contribution >= 4 is 16.7 Å². The highest BCUT2D eigenvalue weighted by molar-refractivity contribution is 5.89. The minimum absolute atomic E-state index is 0.296. The van der Waals surface area contributed by atoms with Gasteiger partial charge in [-0.25, -0.2) is 5.84 Å². The Kier molecular flexibility index (Phi) is 4.36. The second-order valence-corrected chi connectivity index (χ2v) is 4.38. The van der Waals surface area contributed by atoms with Crippen LogP contribution in [-0.4, -0.2) is 12.0 Å². The third kappa shape index (κ3) is 3.03. The third-order valence-electron chi connectivity index (χ3n) is 3.00. The number of benzene rings is 2. The van der Waals surface area contributed by atoms with Crippen LogP contribution >= 0.6 is 0 Å². The number of rotatable bonds is 5. The van der Waals surface area contributed by atoms with E-state index in [9.17, 15) is 4.79 Å². The molecule has 4 nitrogen and oxygen atoms in total. The molecular weight excluding hydrogens is 240 g/mol. The van der Waals surface area contributed by atoms with Crippen molar-refractivity contribution in [1.82, 2.24) is 5.43 Å². The predicted molar refractivity (Wildman–Crippen MR) is 75.6 cm³/mol. The average Bonchev–Trinajstić information content (AvgIpc) is 2.46. The molecule has 0 radical (unpaired) electrons. The van der Waals surface area contributed by atoms with Crippen LogP contribution in [0.1, 0.15) is 19.8 Å². The van der Waals surface area contributed by atoms with Crippen LogP contribution in [0, 0.1) is 0 Å². The molecule has 0 aliphatic rings. The van der Waals surface area contributed by atoms with Crippen molar-refractivity contribution in [2.24, 2.45) is 5.84 Å². The topological polar surface area (TPSA) is 64.3 Å². The number of carbonyl (C=O) groups is 1. The number of ether oxygens (including phenoxy) is 1. The monoisotopic (exact) mass is 258 g/mol. The summed E-state index contributed by atoms with van der Waals surface area (Å²) < 4.78 is 5.83. The summed E-state index contributed by atoms with van der Waals surface area (Å²) in [6.45, 7) is 2.00. The molecule has 0 heterocycles. The fourth-order valence-electron chi connectivity index (χ4n) is 2.05. The number of hydrogen-bond donors (Lipinski definition) is 2. The second-order valence-electron chi connectivity index (χ2n) is 4.38. The summed E-state index contributed by atoms with van der Waals surface area (Å²) in [6, 6.07) is 13.7. The Morgan fingerprint density at radius 3 is 2.74 bits per heavy atom. The first-order valence-corrected chi connectivity index (χ1v) is 6.41. The minimum Gasteiger partial charge on any atom is -0.480 e. The Labute approximate surface area is 112 Å². The van der Waals surface area contributed by atoms with Crippen molar-refractivity contribution in [2.45, 2.75) is 25.9 Å². The van der Waals surface area contributed by atoms with E-state index in [0.717, 1.165) is 17.2 Å². The third-order valence-corrected chi connectivity index (χ3v) is 3.00. The van der Waals surface area contributed by atoms with E-state index in [1.807, 2.05) is 49.4 Å². The summed E-state index contributed by atoms with van der Waals surface area (Å²) in [4.78, 5) is 11.7. The molecule has 19 heavy (non-hydrogen) atoms. The van der Waals surface area contributed by atoms with Crippen LogP contribution in [0.4, 0.5) is 0 Å². The van der Waals surface area contributed by atoms with Gasteiger partial charge in [-0.05, 0) is 17.9 Å². The summed E-state index contributed by atoms with van der Waals surface area (Å²) in [5.74, 6) is 5.60. The van der Waals surface area contributed by atoms with Gasteiger partial charge in [0.1, 0.15) is 5.75 Å². The highest BCUT2D eigenvalue weighted by atomic mass is 16.5. The van der Waals surface area contributed by atoms with Gasteiger partial charge in [-0.1, -0.05) is 49.7 Å². The predicted octanol–water partition coefficient (Wildman–Crippen LogP) is 2.38. The molecule has 0 aliphatic heterocycles. The zero-order chi connectivity index (χ0) is 13.7. The van der Waals surface area contributed by atoms with Gasteiger partial charge in [0.05, 0.1) is 0 Å². The lowest BCUT2D eigenvalue weighted by atomic mass is 10.1. The molecule has 0 fully saturated rings. The first-order valence-electron chi connectivity index (χ1n) is 6.41. The van der Waals surface area contributed by atoms with Crippen LogP contribution in [-0.2, 0) is 4.79 Å². The molecule has 0 bridgehead atoms. The summed E-state index contributed by atoms with van der Waals surface area (Å²) >= 11 is 0. The lowest BCUT2D eigenvalue weighted by Crippen LogP contribution is -2.42. The van der Waals surface area contributed by atoms with E-state index in [-0.39, 0.29) is 5.91 Å². The lowest BCUT2D eigenvalue weighted by Gasteiger charge is -2.18. The maximum absolute atomic E-state index is 11.7. The van der Waals surface area contributed by atoms with Gasteiger partial charge >= 0.3 is 0 Å². The van der Waals surface area contributed by atoms with Gasteiger partial charge < -0.3 is 4.74 Å². The molecule has 2 rings (SSSR count). The Balaban J connectivity index is 2.31. The van der Waals surface area contributed by atoms with Crippen LogP contribution in [0.25, 0.3) is 10.8 Å². The van der Waals surface area contributed by atoms with Crippen molar-refractivity contribution in [3.63, 3.8) is 0 Å². The van der Waals surface area contributed by atoms with Gasteiger partial charge in [-0.2, -0.15) is 0 Å². The van der Waals surface area contributed by atoms with E-state index in [4.69, 9.17) is 10.6 Å². The number of amides is 1. The van der Waals surface area contributed by atoms with E-state index < -0.39 is 6.10 Å². The van der Waals surface area contributed by atoms with Crippen molar-refractivity contribution in [3.05, 3.63) is 42.5 Å². The lowest BCUT2D eigenvalue weighted by molar-refractivity contribution is -0.128. The van der Waals surface area contributed by atoms with Crippen molar-refractivity contribution in [3.8, 4) is 5.75 Å². The summed E-state index contributed by atoms with van der Waals surface area (Å²) in [7, 11) is 0. The highest BCUT2D eigenvalue weighted by Gasteiger charge is 2.19. The molecule has 1 atom stereocenters. The Hall–Kier alpha value is -2.07. The minimum atomic E-state index is -0.555. The summed E-state index contributed by atoms with van der Waals surface area (Å²) in [6.07, 6.45) is 0.926. The molecular formula is C15H18N2O2. The molecule has 2 aromatic carbocycles. The normalized spacial score (nSPS) is 12.1. The van der Waals surface area contributed by atoms with Gasteiger partial charge in [0.15, 0.2) is 6.10 Å². The molecule has 0 spiro atoms. The second kappa shape index (κ2) is 6.20. The molecule has 1 unspecified atom stereocenters. The Morgan fingerprint density at radius 2 is 2.00 bits per heavy atom. The Morgan fingerprint density at radius 1 is 1.26 bits per heavy atom. The van der Waals surface area contributed by atoms with Crippen LogP contribution in [0.5, 0.6) is 5.75 Å². The standard InChI is InChI=1S/C15H18N2O2/c1-2-6-14(15(18)17-16)19-13-10-5-8-11-7-3-4-9-12(11)13/h3-5,7-10,14H,2,6,16H2,1H3,(H,17,18). The van der Waals surface area contributed by atoms with Crippen LogP contribution < -0.4 is 16.0 Å². The summed E-state index contributed by atoms with van der Waals surface area (Å²) in [5.41, 5.74) is 2.15. The van der Waals surface area contributed by atoms with Crippen molar-refractivity contribution in [1.29, 1.82) is 0 Å². The molecule has 3 N–H and O–H groups in total. The van der Waals surface area contributed by atoms with E-state index in [0.29, 0.717) is 12.2 Å². The highest BCUT2D eigenvalue weighted by Crippen LogP contribution is 2.26. The van der Waals surface area contributed by atoms with Crippen molar-refractivity contribution < 1.29 is 9.53 Å².